The van der Waals surface area contributed by atoms with Crippen LogP contribution in [0.2, 0.25) is 0 Å². The predicted octanol–water partition coefficient (Wildman–Crippen LogP) is 1.47. The fourth-order valence-electron chi connectivity index (χ4n) is 3.13. The summed E-state index contributed by atoms with van der Waals surface area (Å²) in [6.07, 6.45) is 3.27. The van der Waals surface area contributed by atoms with Crippen molar-refractivity contribution in [3.05, 3.63) is 24.4 Å². The number of nitrogen functional groups attached to an aromatic ring is 1. The van der Waals surface area contributed by atoms with Crippen molar-refractivity contribution < 1.29 is 13.7 Å². The number of morpholine rings is 1. The van der Waals surface area contributed by atoms with Crippen LogP contribution in [0.4, 0.5) is 17.5 Å². The van der Waals surface area contributed by atoms with Crippen molar-refractivity contribution in [2.24, 2.45) is 4.36 Å². The zero-order valence-corrected chi connectivity index (χ0v) is 16.8. The highest BCUT2D eigenvalue weighted by Gasteiger charge is 2.28. The summed E-state index contributed by atoms with van der Waals surface area (Å²) in [5, 5.41) is -0.0757. The summed E-state index contributed by atoms with van der Waals surface area (Å²) in [4.78, 5) is 15.5. The molecule has 2 atom stereocenters. The molecule has 2 aromatic heterocycles. The third-order valence-electron chi connectivity index (χ3n) is 4.90. The average molecular weight is 404 g/mol. The Labute approximate surface area is 164 Å². The fourth-order valence-corrected chi connectivity index (χ4v) is 4.44. The van der Waals surface area contributed by atoms with Crippen LogP contribution in [0.15, 0.2) is 28.8 Å². The number of hydrogen-bond acceptors (Lipinski definition) is 9. The van der Waals surface area contributed by atoms with Crippen LogP contribution in [0.5, 0.6) is 0 Å². The van der Waals surface area contributed by atoms with Gasteiger partial charge in [-0.25, -0.2) is 19.2 Å². The molecule has 9 nitrogen and oxygen atoms in total. The molecule has 0 spiro atoms. The van der Waals surface area contributed by atoms with Gasteiger partial charge < -0.3 is 20.1 Å². The molecule has 2 aliphatic heterocycles. The molecule has 4 rings (SSSR count). The molecule has 0 aliphatic carbocycles. The van der Waals surface area contributed by atoms with Crippen LogP contribution in [0, 0.1) is 0 Å². The lowest BCUT2D eigenvalue weighted by Gasteiger charge is -2.34. The number of hydrogen-bond donors (Lipinski definition) is 1. The Hall–Kier alpha value is -2.30. The second-order valence-electron chi connectivity index (χ2n) is 7.11. The molecular weight excluding hydrogens is 380 g/mol. The number of nitrogens with two attached hydrogens (primary N) is 1. The van der Waals surface area contributed by atoms with E-state index in [9.17, 15) is 4.21 Å². The van der Waals surface area contributed by atoms with Crippen LogP contribution in [0.3, 0.4) is 0 Å². The molecule has 2 aromatic rings. The predicted molar refractivity (Wildman–Crippen MR) is 108 cm³/mol. The van der Waals surface area contributed by atoms with E-state index >= 15 is 0 Å². The van der Waals surface area contributed by atoms with Gasteiger partial charge in [0.15, 0.2) is 11.6 Å². The van der Waals surface area contributed by atoms with Gasteiger partial charge in [-0.05, 0) is 19.1 Å². The number of rotatable bonds is 4. The van der Waals surface area contributed by atoms with E-state index in [1.54, 1.807) is 30.7 Å². The summed E-state index contributed by atoms with van der Waals surface area (Å²) in [5.74, 6) is 1.99. The quantitative estimate of drug-likeness (QED) is 0.814. The van der Waals surface area contributed by atoms with E-state index in [1.807, 2.05) is 0 Å². The van der Waals surface area contributed by atoms with Crippen molar-refractivity contribution in [3.8, 4) is 11.4 Å². The van der Waals surface area contributed by atoms with Gasteiger partial charge in [0.2, 0.25) is 0 Å². The molecule has 2 N–H and O–H groups in total. The smallest absolute Gasteiger partial charge is 0.167 e. The molecule has 2 saturated heterocycles. The summed E-state index contributed by atoms with van der Waals surface area (Å²) >= 11 is 0. The van der Waals surface area contributed by atoms with Crippen LogP contribution < -0.4 is 10.6 Å². The first-order valence-corrected chi connectivity index (χ1v) is 11.1. The van der Waals surface area contributed by atoms with E-state index in [4.69, 9.17) is 20.2 Å². The SMILES string of the molecule is C[C@@H]1COCCN1c1cc(N=[S@@](C)(=O)C2COC2)nc(-c2ccnc(N)c2)n1. The highest BCUT2D eigenvalue weighted by atomic mass is 32.2. The average Bonchev–Trinajstić information content (AvgIpc) is 2.59. The van der Waals surface area contributed by atoms with E-state index in [0.29, 0.717) is 50.4 Å². The highest BCUT2D eigenvalue weighted by Crippen LogP contribution is 2.28. The normalized spacial score (nSPS) is 22.4. The summed E-state index contributed by atoms with van der Waals surface area (Å²) in [6, 6.07) is 5.47. The zero-order chi connectivity index (χ0) is 19.7. The van der Waals surface area contributed by atoms with Crippen molar-refractivity contribution in [1.82, 2.24) is 15.0 Å². The Morgan fingerprint density at radius 2 is 2.07 bits per heavy atom. The minimum absolute atomic E-state index is 0.0757. The highest BCUT2D eigenvalue weighted by molar-refractivity contribution is 7.93. The lowest BCUT2D eigenvalue weighted by Crippen LogP contribution is -2.44. The standard InChI is InChI=1S/C18H24N6O3S/c1-12-9-26-6-5-24(12)17-8-16(23-28(2,25)14-10-27-11-14)21-18(22-17)13-3-4-20-15(19)7-13/h3-4,7-8,12,14H,5-6,9-11H2,1-2H3,(H2,19,20)/t12-,28+/m1/s1. The minimum Gasteiger partial charge on any atom is -0.384 e. The van der Waals surface area contributed by atoms with Crippen molar-refractivity contribution >= 4 is 27.2 Å². The zero-order valence-electron chi connectivity index (χ0n) is 15.9. The Morgan fingerprint density at radius 3 is 2.75 bits per heavy atom. The molecule has 150 valence electrons. The third kappa shape index (κ3) is 3.94. The molecule has 28 heavy (non-hydrogen) atoms. The van der Waals surface area contributed by atoms with Crippen LogP contribution in [0.1, 0.15) is 6.92 Å². The number of pyridine rings is 1. The second-order valence-corrected chi connectivity index (χ2v) is 9.68. The molecule has 0 aromatic carbocycles. The van der Waals surface area contributed by atoms with Gasteiger partial charge in [0.05, 0.1) is 47.4 Å². The van der Waals surface area contributed by atoms with Gasteiger partial charge in [0, 0.05) is 30.6 Å². The summed E-state index contributed by atoms with van der Waals surface area (Å²) in [6.45, 7) is 4.97. The molecule has 4 heterocycles. The largest absolute Gasteiger partial charge is 0.384 e. The van der Waals surface area contributed by atoms with Gasteiger partial charge in [-0.15, -0.1) is 0 Å². The molecule has 0 radical (unpaired) electrons. The summed E-state index contributed by atoms with van der Waals surface area (Å²) < 4.78 is 28.2. The molecule has 0 unspecified atom stereocenters. The molecule has 0 amide bonds. The molecule has 0 saturated carbocycles. The molecule has 10 heteroatoms. The van der Waals surface area contributed by atoms with Crippen LogP contribution in [-0.2, 0) is 19.2 Å². The van der Waals surface area contributed by atoms with E-state index in [-0.39, 0.29) is 11.3 Å². The van der Waals surface area contributed by atoms with E-state index in [0.717, 1.165) is 11.4 Å². The van der Waals surface area contributed by atoms with Crippen LogP contribution in [-0.4, -0.2) is 69.7 Å². The number of nitrogens with zero attached hydrogens (tertiary/aromatic N) is 5. The number of anilines is 2. The van der Waals surface area contributed by atoms with Crippen molar-refractivity contribution in [2.45, 2.75) is 18.2 Å². The first-order chi connectivity index (χ1) is 13.4. The molecule has 2 fully saturated rings. The van der Waals surface area contributed by atoms with Crippen LogP contribution >= 0.6 is 0 Å². The lowest BCUT2D eigenvalue weighted by molar-refractivity contribution is 0.0431. The fraction of sp³-hybridized carbons (Fsp3) is 0.500. The Kier molecular flexibility index (Phi) is 5.17. The van der Waals surface area contributed by atoms with Gasteiger partial charge >= 0.3 is 0 Å². The lowest BCUT2D eigenvalue weighted by atomic mass is 10.2. The maximum absolute atomic E-state index is 13.0. The molecule has 0 bridgehead atoms. The Balaban J connectivity index is 1.81. The Morgan fingerprint density at radius 1 is 1.25 bits per heavy atom. The monoisotopic (exact) mass is 404 g/mol. The van der Waals surface area contributed by atoms with E-state index in [2.05, 4.69) is 26.2 Å². The molecule has 2 aliphatic rings. The maximum Gasteiger partial charge on any atom is 0.167 e. The summed E-state index contributed by atoms with van der Waals surface area (Å²) in [5.41, 5.74) is 6.56. The third-order valence-corrected chi connectivity index (χ3v) is 6.96. The second kappa shape index (κ2) is 7.61. The van der Waals surface area contributed by atoms with Crippen molar-refractivity contribution in [2.75, 3.05) is 49.9 Å². The number of aromatic nitrogens is 3. The van der Waals surface area contributed by atoms with Gasteiger partial charge in [-0.2, -0.15) is 4.36 Å². The van der Waals surface area contributed by atoms with Gasteiger partial charge in [-0.3, -0.25) is 0 Å². The van der Waals surface area contributed by atoms with E-state index in [1.165, 1.54) is 0 Å². The Bertz CT molecular complexity index is 987. The van der Waals surface area contributed by atoms with Crippen LogP contribution in [0.25, 0.3) is 11.4 Å². The van der Waals surface area contributed by atoms with Crippen molar-refractivity contribution in [3.63, 3.8) is 0 Å². The molecular formula is C18H24N6O3S. The first kappa shape index (κ1) is 19.0. The maximum atomic E-state index is 13.0. The number of ether oxygens (including phenoxy) is 2. The van der Waals surface area contributed by atoms with Gasteiger partial charge in [-0.1, -0.05) is 0 Å². The topological polar surface area (TPSA) is 116 Å². The van der Waals surface area contributed by atoms with Gasteiger partial charge in [0.25, 0.3) is 0 Å². The minimum atomic E-state index is -2.47. The summed E-state index contributed by atoms with van der Waals surface area (Å²) in [7, 11) is -2.47. The van der Waals surface area contributed by atoms with Crippen molar-refractivity contribution in [1.29, 1.82) is 0 Å². The first-order valence-electron chi connectivity index (χ1n) is 9.16. The van der Waals surface area contributed by atoms with Gasteiger partial charge in [0.1, 0.15) is 11.6 Å². The van der Waals surface area contributed by atoms with E-state index < -0.39 is 9.73 Å².